The largest absolute Gasteiger partial charge is 0.508 e. The molecule has 0 aromatic heterocycles. The summed E-state index contributed by atoms with van der Waals surface area (Å²) in [5.41, 5.74) is 1.81. The molecule has 1 aliphatic heterocycles. The zero-order valence-corrected chi connectivity index (χ0v) is 19.8. The number of aromatic hydroxyl groups is 1. The minimum absolute atomic E-state index is 0.00408. The Labute approximate surface area is 182 Å². The van der Waals surface area contributed by atoms with Crippen molar-refractivity contribution < 1.29 is 14.6 Å². The number of phenols is 1. The van der Waals surface area contributed by atoms with Gasteiger partial charge in [-0.05, 0) is 68.6 Å². The van der Waals surface area contributed by atoms with Gasteiger partial charge in [-0.3, -0.25) is 4.79 Å². The van der Waals surface area contributed by atoms with Crippen LogP contribution in [0, 0.1) is 5.92 Å². The van der Waals surface area contributed by atoms with E-state index in [4.69, 9.17) is 4.74 Å². The predicted molar refractivity (Wildman–Crippen MR) is 122 cm³/mol. The highest BCUT2D eigenvalue weighted by Crippen LogP contribution is 2.55. The molecule has 2 N–H and O–H groups in total. The Bertz CT molecular complexity index is 768. The van der Waals surface area contributed by atoms with Crippen LogP contribution in [0.25, 0.3) is 0 Å². The van der Waals surface area contributed by atoms with Gasteiger partial charge in [-0.2, -0.15) is 0 Å². The molecule has 0 unspecified atom stereocenters. The summed E-state index contributed by atoms with van der Waals surface area (Å²) in [5.74, 6) is 1.76. The number of rotatable bonds is 7. The predicted octanol–water partition coefficient (Wildman–Crippen LogP) is 6.20. The fourth-order valence-electron chi connectivity index (χ4n) is 5.70. The molecule has 0 radical (unpaired) electrons. The molecule has 30 heavy (non-hydrogen) atoms. The minimum atomic E-state index is -0.283. The first-order valence-corrected chi connectivity index (χ1v) is 11.9. The monoisotopic (exact) mass is 415 g/mol. The summed E-state index contributed by atoms with van der Waals surface area (Å²) in [4.78, 5) is 11.6. The van der Waals surface area contributed by atoms with E-state index in [-0.39, 0.29) is 28.9 Å². The summed E-state index contributed by atoms with van der Waals surface area (Å²) in [6.45, 7) is 12.7. The molecule has 2 aliphatic rings. The van der Waals surface area contributed by atoms with E-state index < -0.39 is 0 Å². The minimum Gasteiger partial charge on any atom is -0.508 e. The maximum Gasteiger partial charge on any atom is 0.217 e. The van der Waals surface area contributed by atoms with Gasteiger partial charge in [0, 0.05) is 24.4 Å². The third-order valence-electron chi connectivity index (χ3n) is 7.45. The van der Waals surface area contributed by atoms with Crippen molar-refractivity contribution in [2.75, 3.05) is 0 Å². The average molecular weight is 416 g/mol. The number of phenolic OH excluding ortho intramolecular Hbond substituents is 1. The van der Waals surface area contributed by atoms with Gasteiger partial charge in [0.05, 0.1) is 0 Å². The first-order valence-electron chi connectivity index (χ1n) is 11.9. The van der Waals surface area contributed by atoms with Gasteiger partial charge in [-0.25, -0.2) is 0 Å². The Kier molecular flexibility index (Phi) is 6.74. The second kappa shape index (κ2) is 8.80. The summed E-state index contributed by atoms with van der Waals surface area (Å²) in [6.07, 6.45) is 8.90. The van der Waals surface area contributed by atoms with E-state index >= 15 is 0 Å². The van der Waals surface area contributed by atoms with E-state index in [2.05, 4.69) is 46.0 Å². The molecular weight excluding hydrogens is 374 g/mol. The Balaban J connectivity index is 1.90. The lowest BCUT2D eigenvalue weighted by Crippen LogP contribution is -2.50. The van der Waals surface area contributed by atoms with Gasteiger partial charge in [-0.15, -0.1) is 0 Å². The van der Waals surface area contributed by atoms with Crippen LogP contribution in [0.5, 0.6) is 11.5 Å². The van der Waals surface area contributed by atoms with E-state index in [1.165, 1.54) is 25.7 Å². The zero-order chi connectivity index (χ0) is 22.1. The van der Waals surface area contributed by atoms with Crippen molar-refractivity contribution in [3.63, 3.8) is 0 Å². The number of ether oxygens (including phenoxy) is 1. The molecule has 3 atom stereocenters. The molecular formula is C26H41NO3. The molecule has 1 heterocycles. The van der Waals surface area contributed by atoms with E-state index in [0.717, 1.165) is 42.6 Å². The lowest BCUT2D eigenvalue weighted by molar-refractivity contribution is -0.120. The molecule has 168 valence electrons. The number of carbonyl (C=O) groups excluding carboxylic acids is 1. The van der Waals surface area contributed by atoms with Gasteiger partial charge < -0.3 is 15.2 Å². The lowest BCUT2D eigenvalue weighted by Gasteiger charge is -2.49. The molecule has 4 heteroatoms. The van der Waals surface area contributed by atoms with Gasteiger partial charge in [0.25, 0.3) is 0 Å². The normalized spacial score (nSPS) is 25.1. The quantitative estimate of drug-likeness (QED) is 0.521. The molecule has 0 spiro atoms. The summed E-state index contributed by atoms with van der Waals surface area (Å²) >= 11 is 0. The molecule has 1 aromatic carbocycles. The average Bonchev–Trinajstić information content (AvgIpc) is 2.63. The first-order chi connectivity index (χ1) is 14.0. The van der Waals surface area contributed by atoms with E-state index in [1.807, 2.05) is 6.07 Å². The first kappa shape index (κ1) is 23.0. The number of unbranched alkanes of at least 4 members (excludes halogenated alkanes) is 3. The Morgan fingerprint density at radius 1 is 1.23 bits per heavy atom. The number of carbonyl (C=O) groups is 1. The van der Waals surface area contributed by atoms with Crippen LogP contribution >= 0.6 is 0 Å². The molecule has 1 amide bonds. The third-order valence-corrected chi connectivity index (χ3v) is 7.45. The van der Waals surface area contributed by atoms with Crippen molar-refractivity contribution >= 4 is 5.91 Å². The number of hydrogen-bond donors (Lipinski definition) is 2. The number of benzene rings is 1. The van der Waals surface area contributed by atoms with E-state index in [9.17, 15) is 9.90 Å². The number of nitrogens with one attached hydrogen (secondary N) is 1. The van der Waals surface area contributed by atoms with Crippen molar-refractivity contribution in [1.82, 2.24) is 5.32 Å². The van der Waals surface area contributed by atoms with Crippen LogP contribution in [-0.4, -0.2) is 22.7 Å². The summed E-state index contributed by atoms with van der Waals surface area (Å²) < 4.78 is 6.52. The van der Waals surface area contributed by atoms with Crippen LogP contribution in [0.4, 0.5) is 0 Å². The summed E-state index contributed by atoms with van der Waals surface area (Å²) in [5, 5.41) is 14.2. The maximum atomic E-state index is 11.6. The SMILES string of the molecule is CCCCCCC(C)(C)c1cc(O)c2c(c1)OC(C)(C)[C@@H]1CC[C@@H](NC(C)=O)C[C@@H]21. The smallest absolute Gasteiger partial charge is 0.217 e. The Morgan fingerprint density at radius 3 is 2.63 bits per heavy atom. The lowest BCUT2D eigenvalue weighted by atomic mass is 9.65. The summed E-state index contributed by atoms with van der Waals surface area (Å²) in [6, 6.07) is 4.31. The Morgan fingerprint density at radius 2 is 1.97 bits per heavy atom. The second-order valence-electron chi connectivity index (χ2n) is 10.7. The van der Waals surface area contributed by atoms with Crippen LogP contribution < -0.4 is 10.1 Å². The van der Waals surface area contributed by atoms with Gasteiger partial charge in [0.15, 0.2) is 0 Å². The third kappa shape index (κ3) is 4.78. The molecule has 3 rings (SSSR count). The standard InChI is InChI=1S/C26H41NO3/c1-7-8-9-10-13-25(3,4)18-14-22(29)24-20-16-19(27-17(2)28)11-12-21(20)26(5,6)30-23(24)15-18/h14-15,19-21,29H,7-13,16H2,1-6H3,(H,27,28)/t19-,20-,21-/m1/s1. The van der Waals surface area contributed by atoms with Crippen molar-refractivity contribution in [2.24, 2.45) is 5.92 Å². The van der Waals surface area contributed by atoms with Crippen LogP contribution in [0.1, 0.15) is 110 Å². The molecule has 0 bridgehead atoms. The Hall–Kier alpha value is -1.71. The molecule has 4 nitrogen and oxygen atoms in total. The van der Waals surface area contributed by atoms with Crippen LogP contribution in [-0.2, 0) is 10.2 Å². The number of fused-ring (bicyclic) bond motifs is 3. The molecule has 1 saturated carbocycles. The van der Waals surface area contributed by atoms with Crippen molar-refractivity contribution in [1.29, 1.82) is 0 Å². The van der Waals surface area contributed by atoms with E-state index in [1.54, 1.807) is 6.92 Å². The fourth-order valence-corrected chi connectivity index (χ4v) is 5.70. The fraction of sp³-hybridized carbons (Fsp3) is 0.731. The van der Waals surface area contributed by atoms with Gasteiger partial charge >= 0.3 is 0 Å². The van der Waals surface area contributed by atoms with Gasteiger partial charge in [0.2, 0.25) is 5.91 Å². The zero-order valence-electron chi connectivity index (χ0n) is 19.8. The highest BCUT2D eigenvalue weighted by atomic mass is 16.5. The van der Waals surface area contributed by atoms with Crippen LogP contribution in [0.15, 0.2) is 12.1 Å². The highest BCUT2D eigenvalue weighted by molar-refractivity contribution is 5.73. The van der Waals surface area contributed by atoms with Crippen molar-refractivity contribution in [2.45, 2.75) is 116 Å². The molecule has 1 aromatic rings. The maximum absolute atomic E-state index is 11.6. The van der Waals surface area contributed by atoms with Crippen LogP contribution in [0.2, 0.25) is 0 Å². The van der Waals surface area contributed by atoms with Gasteiger partial charge in [0.1, 0.15) is 17.1 Å². The van der Waals surface area contributed by atoms with Gasteiger partial charge in [-0.1, -0.05) is 46.5 Å². The van der Waals surface area contributed by atoms with Crippen molar-refractivity contribution in [3.05, 3.63) is 23.3 Å². The van der Waals surface area contributed by atoms with Crippen molar-refractivity contribution in [3.8, 4) is 11.5 Å². The molecule has 0 saturated heterocycles. The highest BCUT2D eigenvalue weighted by Gasteiger charge is 2.48. The number of amides is 1. The second-order valence-corrected chi connectivity index (χ2v) is 10.7. The number of hydrogen-bond acceptors (Lipinski definition) is 3. The summed E-state index contributed by atoms with van der Waals surface area (Å²) in [7, 11) is 0. The molecule has 1 aliphatic carbocycles. The van der Waals surface area contributed by atoms with E-state index in [0.29, 0.717) is 11.7 Å². The topological polar surface area (TPSA) is 58.6 Å². The van der Waals surface area contributed by atoms with Crippen LogP contribution in [0.3, 0.4) is 0 Å². The molecule has 1 fully saturated rings.